The summed E-state index contributed by atoms with van der Waals surface area (Å²) in [5, 5.41) is 4.88. The Labute approximate surface area is 138 Å². The quantitative estimate of drug-likeness (QED) is 0.822. The molecule has 0 aliphatic rings. The Bertz CT molecular complexity index is 732. The number of carbonyl (C=O) groups excluding carboxylic acids is 2. The van der Waals surface area contributed by atoms with Gasteiger partial charge < -0.3 is 20.1 Å². The molecular weight excluding hydrogens is 315 g/mol. The van der Waals surface area contributed by atoms with Crippen LogP contribution in [0.4, 0.5) is 10.1 Å². The second-order valence-electron chi connectivity index (χ2n) is 4.83. The van der Waals surface area contributed by atoms with Gasteiger partial charge in [-0.3, -0.25) is 9.59 Å². The van der Waals surface area contributed by atoms with Crippen molar-refractivity contribution in [2.45, 2.75) is 6.54 Å². The van der Waals surface area contributed by atoms with Gasteiger partial charge in [-0.15, -0.1) is 0 Å². The third kappa shape index (κ3) is 4.45. The number of hydrogen-bond donors (Lipinski definition) is 2. The minimum atomic E-state index is -0.831. The van der Waals surface area contributed by atoms with E-state index in [-0.39, 0.29) is 6.54 Å². The van der Waals surface area contributed by atoms with Gasteiger partial charge in [0.05, 0.1) is 14.2 Å². The standard InChI is InChI=1S/C17H17FN2O4/c1-23-14-8-3-11(9-15(14)24-2)10-19-16(21)17(22)20-13-6-4-12(18)5-7-13/h3-9H,10H2,1-2H3,(H,19,21)(H,20,22). The fourth-order valence-corrected chi connectivity index (χ4v) is 1.97. The highest BCUT2D eigenvalue weighted by Crippen LogP contribution is 2.27. The van der Waals surface area contributed by atoms with Crippen LogP contribution in [0.15, 0.2) is 42.5 Å². The van der Waals surface area contributed by atoms with E-state index < -0.39 is 17.6 Å². The molecule has 0 radical (unpaired) electrons. The van der Waals surface area contributed by atoms with Crippen LogP contribution in [0.25, 0.3) is 0 Å². The Kier molecular flexibility index (Phi) is 5.73. The summed E-state index contributed by atoms with van der Waals surface area (Å²) in [5.41, 5.74) is 1.08. The monoisotopic (exact) mass is 332 g/mol. The number of amides is 2. The molecule has 0 heterocycles. The minimum Gasteiger partial charge on any atom is -0.493 e. The lowest BCUT2D eigenvalue weighted by Crippen LogP contribution is -2.34. The second-order valence-corrected chi connectivity index (χ2v) is 4.83. The van der Waals surface area contributed by atoms with Crippen LogP contribution in [0.2, 0.25) is 0 Å². The zero-order valence-electron chi connectivity index (χ0n) is 13.3. The average Bonchev–Trinajstić information content (AvgIpc) is 2.61. The Morgan fingerprint density at radius 1 is 0.958 bits per heavy atom. The van der Waals surface area contributed by atoms with Gasteiger partial charge in [-0.2, -0.15) is 0 Å². The highest BCUT2D eigenvalue weighted by molar-refractivity contribution is 6.39. The van der Waals surface area contributed by atoms with Gasteiger partial charge in [0.1, 0.15) is 5.82 Å². The number of halogens is 1. The first kappa shape index (κ1) is 17.3. The molecule has 2 aromatic carbocycles. The molecule has 0 saturated carbocycles. The van der Waals surface area contributed by atoms with Crippen molar-refractivity contribution in [3.05, 3.63) is 53.8 Å². The highest BCUT2D eigenvalue weighted by atomic mass is 19.1. The number of rotatable bonds is 5. The second kappa shape index (κ2) is 7.96. The molecule has 2 aromatic rings. The molecule has 0 fully saturated rings. The predicted molar refractivity (Wildman–Crippen MR) is 86.4 cm³/mol. The maximum absolute atomic E-state index is 12.8. The number of anilines is 1. The summed E-state index contributed by atoms with van der Waals surface area (Å²) < 4.78 is 23.1. The van der Waals surface area contributed by atoms with Crippen LogP contribution in [-0.2, 0) is 16.1 Å². The molecule has 126 valence electrons. The first-order chi connectivity index (χ1) is 11.5. The number of methoxy groups -OCH3 is 2. The van der Waals surface area contributed by atoms with Crippen LogP contribution in [-0.4, -0.2) is 26.0 Å². The first-order valence-corrected chi connectivity index (χ1v) is 7.09. The maximum atomic E-state index is 12.8. The first-order valence-electron chi connectivity index (χ1n) is 7.09. The van der Waals surface area contributed by atoms with Gasteiger partial charge in [0.25, 0.3) is 0 Å². The Morgan fingerprint density at radius 3 is 2.25 bits per heavy atom. The predicted octanol–water partition coefficient (Wildman–Crippen LogP) is 2.10. The molecule has 0 saturated heterocycles. The van der Waals surface area contributed by atoms with E-state index in [0.29, 0.717) is 17.2 Å². The van der Waals surface area contributed by atoms with Crippen molar-refractivity contribution >= 4 is 17.5 Å². The fraction of sp³-hybridized carbons (Fsp3) is 0.176. The zero-order chi connectivity index (χ0) is 17.5. The molecule has 0 atom stereocenters. The van der Waals surface area contributed by atoms with E-state index in [1.807, 2.05) is 0 Å². The summed E-state index contributed by atoms with van der Waals surface area (Å²) in [7, 11) is 3.04. The van der Waals surface area contributed by atoms with Crippen molar-refractivity contribution in [3.63, 3.8) is 0 Å². The van der Waals surface area contributed by atoms with Gasteiger partial charge in [0.2, 0.25) is 0 Å². The molecule has 0 aliphatic heterocycles. The molecule has 6 nitrogen and oxygen atoms in total. The molecule has 0 spiro atoms. The molecule has 0 aliphatic carbocycles. The normalized spacial score (nSPS) is 9.96. The number of ether oxygens (including phenoxy) is 2. The van der Waals surface area contributed by atoms with E-state index in [9.17, 15) is 14.0 Å². The highest BCUT2D eigenvalue weighted by Gasteiger charge is 2.14. The van der Waals surface area contributed by atoms with Crippen molar-refractivity contribution in [2.24, 2.45) is 0 Å². The van der Waals surface area contributed by atoms with Crippen LogP contribution in [0, 0.1) is 5.82 Å². The van der Waals surface area contributed by atoms with E-state index in [1.165, 1.54) is 38.5 Å². The Hall–Kier alpha value is -3.09. The van der Waals surface area contributed by atoms with Gasteiger partial charge in [-0.25, -0.2) is 4.39 Å². The van der Waals surface area contributed by atoms with Gasteiger partial charge in [0.15, 0.2) is 11.5 Å². The molecule has 2 rings (SSSR count). The number of hydrogen-bond acceptors (Lipinski definition) is 4. The van der Waals surface area contributed by atoms with Crippen LogP contribution >= 0.6 is 0 Å². The van der Waals surface area contributed by atoms with Crippen LogP contribution in [0.1, 0.15) is 5.56 Å². The van der Waals surface area contributed by atoms with Crippen molar-refractivity contribution in [1.29, 1.82) is 0 Å². The molecular formula is C17H17FN2O4. The largest absolute Gasteiger partial charge is 0.493 e. The summed E-state index contributed by atoms with van der Waals surface area (Å²) in [4.78, 5) is 23.6. The zero-order valence-corrected chi connectivity index (χ0v) is 13.3. The van der Waals surface area contributed by atoms with E-state index in [1.54, 1.807) is 18.2 Å². The van der Waals surface area contributed by atoms with Crippen LogP contribution < -0.4 is 20.1 Å². The SMILES string of the molecule is COc1ccc(CNC(=O)C(=O)Nc2ccc(F)cc2)cc1OC. The smallest absolute Gasteiger partial charge is 0.313 e. The van der Waals surface area contributed by atoms with Gasteiger partial charge in [-0.05, 0) is 42.0 Å². The maximum Gasteiger partial charge on any atom is 0.313 e. The van der Waals surface area contributed by atoms with Gasteiger partial charge in [-0.1, -0.05) is 6.07 Å². The van der Waals surface area contributed by atoms with E-state index in [4.69, 9.17) is 9.47 Å². The third-order valence-corrected chi connectivity index (χ3v) is 3.21. The fourth-order valence-electron chi connectivity index (χ4n) is 1.97. The van der Waals surface area contributed by atoms with Crippen molar-refractivity contribution < 1.29 is 23.5 Å². The molecule has 2 N–H and O–H groups in total. The van der Waals surface area contributed by atoms with Crippen molar-refractivity contribution in [2.75, 3.05) is 19.5 Å². The molecule has 0 bridgehead atoms. The summed E-state index contributed by atoms with van der Waals surface area (Å²) in [6.45, 7) is 0.149. The van der Waals surface area contributed by atoms with Crippen LogP contribution in [0.3, 0.4) is 0 Å². The average molecular weight is 332 g/mol. The molecule has 24 heavy (non-hydrogen) atoms. The van der Waals surface area contributed by atoms with E-state index in [2.05, 4.69) is 10.6 Å². The number of benzene rings is 2. The minimum absolute atomic E-state index is 0.149. The van der Waals surface area contributed by atoms with Gasteiger partial charge in [0, 0.05) is 12.2 Å². The molecule has 2 amide bonds. The summed E-state index contributed by atoms with van der Waals surface area (Å²) in [6, 6.07) is 10.3. The third-order valence-electron chi connectivity index (χ3n) is 3.21. The van der Waals surface area contributed by atoms with Gasteiger partial charge >= 0.3 is 11.8 Å². The summed E-state index contributed by atoms with van der Waals surface area (Å²) in [6.07, 6.45) is 0. The Morgan fingerprint density at radius 2 is 1.62 bits per heavy atom. The topological polar surface area (TPSA) is 76.7 Å². The number of nitrogens with one attached hydrogen (secondary N) is 2. The summed E-state index contributed by atoms with van der Waals surface area (Å²) >= 11 is 0. The molecule has 0 unspecified atom stereocenters. The molecule has 7 heteroatoms. The van der Waals surface area contributed by atoms with Crippen LogP contribution in [0.5, 0.6) is 11.5 Å². The Balaban J connectivity index is 1.92. The van der Waals surface area contributed by atoms with E-state index in [0.717, 1.165) is 5.56 Å². The lowest BCUT2D eigenvalue weighted by atomic mass is 10.2. The lowest BCUT2D eigenvalue weighted by Gasteiger charge is -2.10. The van der Waals surface area contributed by atoms with E-state index >= 15 is 0 Å². The summed E-state index contributed by atoms with van der Waals surface area (Å²) in [5.74, 6) is -0.955. The lowest BCUT2D eigenvalue weighted by molar-refractivity contribution is -0.136. The molecule has 0 aromatic heterocycles. The van der Waals surface area contributed by atoms with Crippen molar-refractivity contribution in [3.8, 4) is 11.5 Å². The van der Waals surface area contributed by atoms with Crippen molar-refractivity contribution in [1.82, 2.24) is 5.32 Å². The number of carbonyl (C=O) groups is 2.